The lowest BCUT2D eigenvalue weighted by Gasteiger charge is -2.28. The van der Waals surface area contributed by atoms with E-state index in [0.717, 1.165) is 48.5 Å². The molecule has 1 fully saturated rings. The zero-order valence-corrected chi connectivity index (χ0v) is 21.1. The van der Waals surface area contributed by atoms with Gasteiger partial charge in [-0.05, 0) is 37.6 Å². The van der Waals surface area contributed by atoms with Crippen molar-refractivity contribution in [3.05, 3.63) is 54.1 Å². The van der Waals surface area contributed by atoms with E-state index in [4.69, 9.17) is 4.74 Å². The number of hydrogen-bond donors (Lipinski definition) is 0. The van der Waals surface area contributed by atoms with Crippen molar-refractivity contribution in [2.45, 2.75) is 35.6 Å². The quantitative estimate of drug-likeness (QED) is 0.486. The molecule has 2 aromatic carbocycles. The molecule has 0 bridgehead atoms. The maximum Gasteiger partial charge on any atom is 0.237 e. The summed E-state index contributed by atoms with van der Waals surface area (Å²) in [7, 11) is 0. The van der Waals surface area contributed by atoms with Crippen molar-refractivity contribution in [2.24, 2.45) is 0 Å². The molecule has 9 heteroatoms. The van der Waals surface area contributed by atoms with E-state index in [1.807, 2.05) is 34.9 Å². The summed E-state index contributed by atoms with van der Waals surface area (Å²) in [6.07, 6.45) is 0.969. The lowest BCUT2D eigenvalue weighted by molar-refractivity contribution is -0.116. The molecule has 0 radical (unpaired) electrons. The van der Waals surface area contributed by atoms with Gasteiger partial charge in [0.25, 0.3) is 0 Å². The number of aromatic nitrogens is 3. The average Bonchev–Trinajstić information content (AvgIpc) is 3.20. The minimum Gasteiger partial charge on any atom is -0.378 e. The van der Waals surface area contributed by atoms with Crippen molar-refractivity contribution < 1.29 is 9.53 Å². The summed E-state index contributed by atoms with van der Waals surface area (Å²) in [5.41, 5.74) is 3.20. The van der Waals surface area contributed by atoms with Gasteiger partial charge in [-0.15, -0.1) is 22.0 Å². The molecule has 3 heterocycles. The van der Waals surface area contributed by atoms with E-state index in [0.29, 0.717) is 24.2 Å². The number of nitrogens with zero attached hydrogens (tertiary/aromatic N) is 5. The van der Waals surface area contributed by atoms with Gasteiger partial charge in [-0.3, -0.25) is 9.36 Å². The van der Waals surface area contributed by atoms with Crippen molar-refractivity contribution >= 4 is 41.1 Å². The number of morpholine rings is 1. The highest BCUT2D eigenvalue weighted by Gasteiger charge is 2.26. The highest BCUT2D eigenvalue weighted by Crippen LogP contribution is 2.38. The first-order valence-electron chi connectivity index (χ1n) is 11.6. The van der Waals surface area contributed by atoms with Crippen LogP contribution in [0.5, 0.6) is 0 Å². The summed E-state index contributed by atoms with van der Waals surface area (Å²) in [5.74, 6) is 1.20. The average molecular weight is 496 g/mol. The van der Waals surface area contributed by atoms with Crippen LogP contribution in [0.15, 0.2) is 58.6 Å². The van der Waals surface area contributed by atoms with Gasteiger partial charge in [-0.25, -0.2) is 0 Å². The molecule has 7 nitrogen and oxygen atoms in total. The molecule has 34 heavy (non-hydrogen) atoms. The highest BCUT2D eigenvalue weighted by molar-refractivity contribution is 8.00. The Morgan fingerprint density at radius 1 is 1.09 bits per heavy atom. The van der Waals surface area contributed by atoms with Gasteiger partial charge in [-0.2, -0.15) is 0 Å². The summed E-state index contributed by atoms with van der Waals surface area (Å²) in [5, 5.41) is 10.2. The zero-order chi connectivity index (χ0) is 23.5. The Hall–Kier alpha value is -2.49. The van der Waals surface area contributed by atoms with Crippen molar-refractivity contribution in [2.75, 3.05) is 48.4 Å². The zero-order valence-electron chi connectivity index (χ0n) is 19.5. The van der Waals surface area contributed by atoms with Crippen LogP contribution < -0.4 is 9.80 Å². The summed E-state index contributed by atoms with van der Waals surface area (Å²) < 4.78 is 7.59. The largest absolute Gasteiger partial charge is 0.378 e. The second-order valence-corrected chi connectivity index (χ2v) is 11.0. The molecule has 1 unspecified atom stereocenters. The molecule has 1 amide bonds. The maximum atomic E-state index is 13.4. The van der Waals surface area contributed by atoms with Crippen LogP contribution in [0.25, 0.3) is 5.69 Å². The molecule has 178 valence electrons. The molecule has 1 atom stereocenters. The molecule has 1 aromatic heterocycles. The SMILES string of the molecule is Cc1ccc(-n2c(SCC(=O)N3CCC(C)Sc4ccccc43)nnc2N2CCOCC2)cc1. The molecule has 0 aliphatic carbocycles. The van der Waals surface area contributed by atoms with Crippen LogP contribution in [0, 0.1) is 6.92 Å². The molecule has 0 N–H and O–H groups in total. The molecule has 2 aliphatic rings. The van der Waals surface area contributed by atoms with Crippen molar-refractivity contribution in [1.29, 1.82) is 0 Å². The summed E-state index contributed by atoms with van der Waals surface area (Å²) >= 11 is 3.29. The summed E-state index contributed by atoms with van der Waals surface area (Å²) in [6, 6.07) is 16.5. The number of thioether (sulfide) groups is 2. The van der Waals surface area contributed by atoms with Crippen molar-refractivity contribution in [3.63, 3.8) is 0 Å². The fourth-order valence-electron chi connectivity index (χ4n) is 4.19. The van der Waals surface area contributed by atoms with Crippen LogP contribution in [0.2, 0.25) is 0 Å². The minimum absolute atomic E-state index is 0.0959. The molecule has 5 rings (SSSR count). The predicted octanol–water partition coefficient (Wildman–Crippen LogP) is 4.42. The Morgan fingerprint density at radius 2 is 1.85 bits per heavy atom. The standard InChI is InChI=1S/C25H29N5O2S2/c1-18-7-9-20(10-8-18)30-24(28-13-15-32-16-14-28)26-27-25(30)33-17-23(31)29-12-11-19(2)34-22-6-4-3-5-21(22)29/h3-10,19H,11-17H2,1-2H3. The second kappa shape index (κ2) is 10.4. The highest BCUT2D eigenvalue weighted by atomic mass is 32.2. The second-order valence-electron chi connectivity index (χ2n) is 8.57. The third-order valence-electron chi connectivity index (χ3n) is 6.07. The van der Waals surface area contributed by atoms with Gasteiger partial charge >= 0.3 is 0 Å². The van der Waals surface area contributed by atoms with Crippen LogP contribution in [0.1, 0.15) is 18.9 Å². The van der Waals surface area contributed by atoms with Gasteiger partial charge in [0, 0.05) is 29.8 Å². The van der Waals surface area contributed by atoms with E-state index in [9.17, 15) is 4.79 Å². The van der Waals surface area contributed by atoms with E-state index in [-0.39, 0.29) is 5.91 Å². The molecular weight excluding hydrogens is 466 g/mol. The number of rotatable bonds is 5. The molecule has 0 saturated carbocycles. The van der Waals surface area contributed by atoms with E-state index < -0.39 is 0 Å². The van der Waals surface area contributed by atoms with Gasteiger partial charge in [0.2, 0.25) is 11.9 Å². The molecule has 2 aliphatic heterocycles. The lowest BCUT2D eigenvalue weighted by atomic mass is 10.2. The van der Waals surface area contributed by atoms with Crippen LogP contribution in [-0.4, -0.2) is 64.5 Å². The number of carbonyl (C=O) groups is 1. The smallest absolute Gasteiger partial charge is 0.237 e. The molecule has 0 spiro atoms. The first kappa shape index (κ1) is 23.3. The fraction of sp³-hybridized carbons (Fsp3) is 0.400. The Morgan fingerprint density at radius 3 is 2.65 bits per heavy atom. The van der Waals surface area contributed by atoms with Gasteiger partial charge in [0.1, 0.15) is 0 Å². The van der Waals surface area contributed by atoms with Gasteiger partial charge < -0.3 is 14.5 Å². The van der Waals surface area contributed by atoms with Crippen molar-refractivity contribution in [3.8, 4) is 5.69 Å². The predicted molar refractivity (Wildman–Crippen MR) is 139 cm³/mol. The first-order valence-corrected chi connectivity index (χ1v) is 13.5. The minimum atomic E-state index is 0.0959. The third kappa shape index (κ3) is 4.96. The lowest BCUT2D eigenvalue weighted by Crippen LogP contribution is -2.38. The van der Waals surface area contributed by atoms with Gasteiger partial charge in [-0.1, -0.05) is 48.5 Å². The van der Waals surface area contributed by atoms with E-state index >= 15 is 0 Å². The maximum absolute atomic E-state index is 13.4. The van der Waals surface area contributed by atoms with Crippen molar-refractivity contribution in [1.82, 2.24) is 14.8 Å². The summed E-state index contributed by atoms with van der Waals surface area (Å²) in [4.78, 5) is 18.7. The molecular formula is C25H29N5O2S2. The number of ether oxygens (including phenoxy) is 1. The van der Waals surface area contributed by atoms with E-state index in [1.54, 1.807) is 0 Å². The normalized spacial score (nSPS) is 18.5. The molecule has 1 saturated heterocycles. The fourth-order valence-corrected chi connectivity index (χ4v) is 6.13. The van der Waals surface area contributed by atoms with Crippen LogP contribution in [0.4, 0.5) is 11.6 Å². The number of fused-ring (bicyclic) bond motifs is 1. The summed E-state index contributed by atoms with van der Waals surface area (Å²) in [6.45, 7) is 7.92. The van der Waals surface area contributed by atoms with E-state index in [2.05, 4.69) is 63.8 Å². The Bertz CT molecular complexity index is 1140. The number of carbonyl (C=O) groups excluding carboxylic acids is 1. The molecule has 3 aromatic rings. The Kier molecular flexibility index (Phi) is 7.12. The van der Waals surface area contributed by atoms with Crippen LogP contribution in [-0.2, 0) is 9.53 Å². The van der Waals surface area contributed by atoms with Crippen LogP contribution >= 0.6 is 23.5 Å². The van der Waals surface area contributed by atoms with Gasteiger partial charge in [0.15, 0.2) is 5.16 Å². The van der Waals surface area contributed by atoms with Crippen LogP contribution in [0.3, 0.4) is 0 Å². The monoisotopic (exact) mass is 495 g/mol. The Balaban J connectivity index is 1.40. The third-order valence-corrected chi connectivity index (χ3v) is 8.22. The number of aryl methyl sites for hydroxylation is 1. The first-order chi connectivity index (χ1) is 16.6. The number of benzene rings is 2. The number of amides is 1. The number of anilines is 2. The topological polar surface area (TPSA) is 63.5 Å². The van der Waals surface area contributed by atoms with Gasteiger partial charge in [0.05, 0.1) is 30.3 Å². The van der Waals surface area contributed by atoms with E-state index in [1.165, 1.54) is 22.2 Å². The number of para-hydroxylation sites is 1. The Labute approximate surface area is 208 Å². The number of hydrogen-bond acceptors (Lipinski definition) is 7.